The van der Waals surface area contributed by atoms with Crippen LogP contribution in [0.4, 0.5) is 0 Å². The van der Waals surface area contributed by atoms with Crippen molar-refractivity contribution in [2.24, 2.45) is 0 Å². The number of aromatic amines is 1. The number of H-pyrrole nitrogens is 1. The molecule has 1 aliphatic rings. The minimum Gasteiger partial charge on any atom is -0.496 e. The normalized spacial score (nSPS) is 18.5. The summed E-state index contributed by atoms with van der Waals surface area (Å²) < 4.78 is 5.41. The van der Waals surface area contributed by atoms with Gasteiger partial charge in [0, 0.05) is 36.3 Å². The van der Waals surface area contributed by atoms with Crippen LogP contribution in [-0.2, 0) is 6.54 Å². The molecule has 2 heterocycles. The number of rotatable bonds is 4. The van der Waals surface area contributed by atoms with E-state index in [1.165, 1.54) is 11.6 Å². The molecular formula is C17H21N3O2. The first-order valence-corrected chi connectivity index (χ1v) is 7.58. The maximum absolute atomic E-state index is 11.6. The SMILES string of the molecule is COc1ccccc1CN1CCC(c2nc(C)cc(=O)[nH]2)C1. The maximum Gasteiger partial charge on any atom is 0.251 e. The van der Waals surface area contributed by atoms with Gasteiger partial charge in [0.25, 0.3) is 5.56 Å². The summed E-state index contributed by atoms with van der Waals surface area (Å²) in [6, 6.07) is 9.63. The third-order valence-corrected chi connectivity index (χ3v) is 4.13. The Morgan fingerprint density at radius 2 is 2.23 bits per heavy atom. The maximum atomic E-state index is 11.6. The summed E-state index contributed by atoms with van der Waals surface area (Å²) in [6.45, 7) is 4.63. The van der Waals surface area contributed by atoms with E-state index in [-0.39, 0.29) is 5.56 Å². The quantitative estimate of drug-likeness (QED) is 0.939. The Morgan fingerprint density at radius 3 is 3.00 bits per heavy atom. The van der Waals surface area contributed by atoms with E-state index in [4.69, 9.17) is 4.74 Å². The number of aromatic nitrogens is 2. The smallest absolute Gasteiger partial charge is 0.251 e. The number of methoxy groups -OCH3 is 1. The summed E-state index contributed by atoms with van der Waals surface area (Å²) in [5.74, 6) is 2.03. The van der Waals surface area contributed by atoms with Gasteiger partial charge in [-0.15, -0.1) is 0 Å². The fourth-order valence-corrected chi connectivity index (χ4v) is 3.07. The molecule has 1 atom stereocenters. The zero-order chi connectivity index (χ0) is 15.5. The van der Waals surface area contributed by atoms with Crippen LogP contribution in [0.2, 0.25) is 0 Å². The highest BCUT2D eigenvalue weighted by atomic mass is 16.5. The van der Waals surface area contributed by atoms with Gasteiger partial charge in [-0.3, -0.25) is 9.69 Å². The highest BCUT2D eigenvalue weighted by Gasteiger charge is 2.26. The van der Waals surface area contributed by atoms with E-state index < -0.39 is 0 Å². The van der Waals surface area contributed by atoms with E-state index in [0.29, 0.717) is 5.92 Å². The van der Waals surface area contributed by atoms with Crippen molar-refractivity contribution in [1.82, 2.24) is 14.9 Å². The van der Waals surface area contributed by atoms with Crippen molar-refractivity contribution >= 4 is 0 Å². The van der Waals surface area contributed by atoms with Gasteiger partial charge in [-0.1, -0.05) is 18.2 Å². The van der Waals surface area contributed by atoms with Crippen molar-refractivity contribution in [2.45, 2.75) is 25.8 Å². The number of nitrogens with zero attached hydrogens (tertiary/aromatic N) is 2. The molecular weight excluding hydrogens is 278 g/mol. The number of hydrogen-bond donors (Lipinski definition) is 1. The van der Waals surface area contributed by atoms with Crippen LogP contribution in [0.1, 0.15) is 29.4 Å². The average Bonchev–Trinajstić information content (AvgIpc) is 2.95. The van der Waals surface area contributed by atoms with Crippen molar-refractivity contribution in [3.63, 3.8) is 0 Å². The zero-order valence-electron chi connectivity index (χ0n) is 13.0. The van der Waals surface area contributed by atoms with E-state index >= 15 is 0 Å². The summed E-state index contributed by atoms with van der Waals surface area (Å²) >= 11 is 0. The van der Waals surface area contributed by atoms with Crippen molar-refractivity contribution in [2.75, 3.05) is 20.2 Å². The molecule has 1 aliphatic heterocycles. The molecule has 116 valence electrons. The van der Waals surface area contributed by atoms with Crippen molar-refractivity contribution in [3.05, 3.63) is 57.8 Å². The predicted octanol–water partition coefficient (Wildman–Crippen LogP) is 2.08. The lowest BCUT2D eigenvalue weighted by Gasteiger charge is -2.17. The second kappa shape index (κ2) is 6.32. The molecule has 0 amide bonds. The molecule has 0 saturated carbocycles. The average molecular weight is 299 g/mol. The Morgan fingerprint density at radius 1 is 1.41 bits per heavy atom. The molecule has 1 aromatic carbocycles. The van der Waals surface area contributed by atoms with E-state index in [1.54, 1.807) is 7.11 Å². The lowest BCUT2D eigenvalue weighted by Crippen LogP contribution is -2.21. The fourth-order valence-electron chi connectivity index (χ4n) is 3.07. The third-order valence-electron chi connectivity index (χ3n) is 4.13. The van der Waals surface area contributed by atoms with E-state index in [2.05, 4.69) is 20.9 Å². The number of nitrogens with one attached hydrogen (secondary N) is 1. The van der Waals surface area contributed by atoms with Crippen LogP contribution in [0.3, 0.4) is 0 Å². The zero-order valence-corrected chi connectivity index (χ0v) is 13.0. The van der Waals surface area contributed by atoms with E-state index in [1.807, 2.05) is 25.1 Å². The molecule has 22 heavy (non-hydrogen) atoms. The van der Waals surface area contributed by atoms with Gasteiger partial charge < -0.3 is 9.72 Å². The number of likely N-dealkylation sites (tertiary alicyclic amines) is 1. The molecule has 1 saturated heterocycles. The van der Waals surface area contributed by atoms with Gasteiger partial charge in [0.15, 0.2) is 0 Å². The van der Waals surface area contributed by atoms with Gasteiger partial charge >= 0.3 is 0 Å². The molecule has 0 aliphatic carbocycles. The molecule has 0 radical (unpaired) electrons. The molecule has 1 fully saturated rings. The predicted molar refractivity (Wildman–Crippen MR) is 85.2 cm³/mol. The van der Waals surface area contributed by atoms with Crippen LogP contribution in [0, 0.1) is 6.92 Å². The molecule has 1 aromatic heterocycles. The fraction of sp³-hybridized carbons (Fsp3) is 0.412. The van der Waals surface area contributed by atoms with Crippen LogP contribution >= 0.6 is 0 Å². The first kappa shape index (κ1) is 14.8. The number of hydrogen-bond acceptors (Lipinski definition) is 4. The largest absolute Gasteiger partial charge is 0.496 e. The first-order valence-electron chi connectivity index (χ1n) is 7.58. The van der Waals surface area contributed by atoms with Gasteiger partial charge in [-0.2, -0.15) is 0 Å². The summed E-state index contributed by atoms with van der Waals surface area (Å²) in [4.78, 5) is 21.3. The van der Waals surface area contributed by atoms with Gasteiger partial charge in [-0.25, -0.2) is 4.98 Å². The second-order valence-corrected chi connectivity index (χ2v) is 5.80. The Balaban J connectivity index is 1.71. The van der Waals surface area contributed by atoms with Crippen molar-refractivity contribution < 1.29 is 4.74 Å². The van der Waals surface area contributed by atoms with Crippen LogP contribution in [-0.4, -0.2) is 35.1 Å². The second-order valence-electron chi connectivity index (χ2n) is 5.80. The minimum absolute atomic E-state index is 0.0642. The Hall–Kier alpha value is -2.14. The standard InChI is InChI=1S/C17H21N3O2/c1-12-9-16(21)19-17(18-12)14-7-8-20(11-14)10-13-5-3-4-6-15(13)22-2/h3-6,9,14H,7-8,10-11H2,1-2H3,(H,18,19,21). The molecule has 0 spiro atoms. The highest BCUT2D eigenvalue weighted by molar-refractivity contribution is 5.33. The third kappa shape index (κ3) is 3.20. The lowest BCUT2D eigenvalue weighted by molar-refractivity contribution is 0.316. The van der Waals surface area contributed by atoms with Crippen LogP contribution in [0.5, 0.6) is 5.75 Å². The molecule has 3 rings (SSSR count). The van der Waals surface area contributed by atoms with Gasteiger partial charge in [0.2, 0.25) is 0 Å². The molecule has 2 aromatic rings. The van der Waals surface area contributed by atoms with Crippen LogP contribution in [0.25, 0.3) is 0 Å². The topological polar surface area (TPSA) is 58.2 Å². The molecule has 5 heteroatoms. The van der Waals surface area contributed by atoms with Crippen molar-refractivity contribution in [1.29, 1.82) is 0 Å². The number of benzene rings is 1. The number of para-hydroxylation sites is 1. The Kier molecular flexibility index (Phi) is 4.24. The van der Waals surface area contributed by atoms with E-state index in [9.17, 15) is 4.79 Å². The first-order chi connectivity index (χ1) is 10.7. The Labute approximate surface area is 130 Å². The lowest BCUT2D eigenvalue weighted by atomic mass is 10.1. The van der Waals surface area contributed by atoms with Crippen molar-refractivity contribution in [3.8, 4) is 5.75 Å². The molecule has 1 unspecified atom stereocenters. The van der Waals surface area contributed by atoms with Crippen LogP contribution < -0.4 is 10.3 Å². The van der Waals surface area contributed by atoms with Gasteiger partial charge in [-0.05, 0) is 26.0 Å². The molecule has 0 bridgehead atoms. The molecule has 1 N–H and O–H groups in total. The van der Waals surface area contributed by atoms with Gasteiger partial charge in [0.05, 0.1) is 7.11 Å². The molecule has 5 nitrogen and oxygen atoms in total. The van der Waals surface area contributed by atoms with Gasteiger partial charge in [0.1, 0.15) is 11.6 Å². The number of aryl methyl sites for hydroxylation is 1. The van der Waals surface area contributed by atoms with Crippen LogP contribution in [0.15, 0.2) is 35.1 Å². The summed E-state index contributed by atoms with van der Waals surface area (Å²) in [7, 11) is 1.70. The summed E-state index contributed by atoms with van der Waals surface area (Å²) in [5.41, 5.74) is 1.91. The monoisotopic (exact) mass is 299 g/mol. The summed E-state index contributed by atoms with van der Waals surface area (Å²) in [6.07, 6.45) is 1.02. The summed E-state index contributed by atoms with van der Waals surface area (Å²) in [5, 5.41) is 0. The van der Waals surface area contributed by atoms with E-state index in [0.717, 1.165) is 43.3 Å². The Bertz CT molecular complexity index is 711. The minimum atomic E-state index is -0.0642. The highest BCUT2D eigenvalue weighted by Crippen LogP contribution is 2.27. The number of ether oxygens (including phenoxy) is 1.